The zero-order valence-corrected chi connectivity index (χ0v) is 28.0. The number of para-hydroxylation sites is 2. The van der Waals surface area contributed by atoms with Gasteiger partial charge in [-0.05, 0) is 68.1 Å². The molecule has 2 amide bonds. The number of ether oxygens (including phenoxy) is 1. The van der Waals surface area contributed by atoms with E-state index in [1.807, 2.05) is 82.3 Å². The standard InChI is InChI=1S/C37H43N3O5S/c1-6-29(4)38-37(42)34(24-30-15-8-7-9-16-30)39(25-31-17-11-10-14-28(31)3)36(41)26-40(33-18-12-13-19-35(33)45-5)46(43,44)32-22-20-27(2)21-23-32/h7-23,29,34H,6,24-26H2,1-5H3,(H,38,42)/t29-,34+/m0/s1. The molecule has 0 aromatic heterocycles. The summed E-state index contributed by atoms with van der Waals surface area (Å²) in [6.07, 6.45) is 0.964. The molecule has 0 unspecified atom stereocenters. The van der Waals surface area contributed by atoms with Crippen molar-refractivity contribution < 1.29 is 22.7 Å². The van der Waals surface area contributed by atoms with Gasteiger partial charge in [-0.1, -0.05) is 91.3 Å². The first-order valence-corrected chi connectivity index (χ1v) is 16.9. The first-order valence-electron chi connectivity index (χ1n) is 15.5. The summed E-state index contributed by atoms with van der Waals surface area (Å²) in [5.41, 5.74) is 3.81. The van der Waals surface area contributed by atoms with Crippen LogP contribution < -0.4 is 14.4 Å². The fourth-order valence-electron chi connectivity index (χ4n) is 5.15. The Bertz CT molecular complexity index is 1730. The second-order valence-electron chi connectivity index (χ2n) is 11.5. The molecule has 0 bridgehead atoms. The van der Waals surface area contributed by atoms with Gasteiger partial charge in [-0.15, -0.1) is 0 Å². The Kier molecular flexibility index (Phi) is 11.6. The molecule has 0 aliphatic carbocycles. The summed E-state index contributed by atoms with van der Waals surface area (Å²) in [5.74, 6) is -0.526. The molecule has 2 atom stereocenters. The summed E-state index contributed by atoms with van der Waals surface area (Å²) < 4.78 is 35.2. The molecule has 0 aliphatic heterocycles. The molecule has 4 aromatic rings. The number of nitrogens with zero attached hydrogens (tertiary/aromatic N) is 2. The van der Waals surface area contributed by atoms with E-state index in [4.69, 9.17) is 4.74 Å². The molecular formula is C37H43N3O5S. The summed E-state index contributed by atoms with van der Waals surface area (Å²) in [4.78, 5) is 30.2. The van der Waals surface area contributed by atoms with Crippen LogP contribution >= 0.6 is 0 Å². The number of hydrogen-bond acceptors (Lipinski definition) is 5. The number of hydrogen-bond donors (Lipinski definition) is 1. The Morgan fingerprint density at radius 3 is 2.13 bits per heavy atom. The smallest absolute Gasteiger partial charge is 0.264 e. The van der Waals surface area contributed by atoms with Crippen LogP contribution in [0.3, 0.4) is 0 Å². The number of anilines is 1. The van der Waals surface area contributed by atoms with Crippen molar-refractivity contribution in [3.05, 3.63) is 125 Å². The minimum atomic E-state index is -4.24. The molecule has 242 valence electrons. The molecular weight excluding hydrogens is 598 g/mol. The van der Waals surface area contributed by atoms with Crippen LogP contribution in [0.2, 0.25) is 0 Å². The third-order valence-corrected chi connectivity index (χ3v) is 9.89. The minimum absolute atomic E-state index is 0.0395. The lowest BCUT2D eigenvalue weighted by Crippen LogP contribution is -2.54. The first-order chi connectivity index (χ1) is 22.0. The van der Waals surface area contributed by atoms with E-state index in [9.17, 15) is 18.0 Å². The minimum Gasteiger partial charge on any atom is -0.495 e. The van der Waals surface area contributed by atoms with Gasteiger partial charge in [0.2, 0.25) is 11.8 Å². The lowest BCUT2D eigenvalue weighted by atomic mass is 10.0. The average molecular weight is 642 g/mol. The van der Waals surface area contributed by atoms with Crippen molar-refractivity contribution in [2.45, 2.75) is 64.1 Å². The highest BCUT2D eigenvalue weighted by molar-refractivity contribution is 7.92. The molecule has 0 heterocycles. The van der Waals surface area contributed by atoms with Crippen LogP contribution in [0.15, 0.2) is 108 Å². The van der Waals surface area contributed by atoms with Gasteiger partial charge in [0.1, 0.15) is 18.3 Å². The van der Waals surface area contributed by atoms with Crippen molar-refractivity contribution in [1.82, 2.24) is 10.2 Å². The summed E-state index contributed by atoms with van der Waals surface area (Å²) in [5, 5.41) is 3.07. The van der Waals surface area contributed by atoms with Crippen molar-refractivity contribution in [2.24, 2.45) is 0 Å². The fraction of sp³-hybridized carbons (Fsp3) is 0.297. The molecule has 8 nitrogen and oxygen atoms in total. The number of sulfonamides is 1. The van der Waals surface area contributed by atoms with E-state index in [0.29, 0.717) is 12.2 Å². The van der Waals surface area contributed by atoms with E-state index >= 15 is 0 Å². The van der Waals surface area contributed by atoms with Crippen LogP contribution in [0.5, 0.6) is 5.75 Å². The van der Waals surface area contributed by atoms with Gasteiger partial charge in [-0.3, -0.25) is 13.9 Å². The fourth-order valence-corrected chi connectivity index (χ4v) is 6.58. The Hall–Kier alpha value is -4.63. The van der Waals surface area contributed by atoms with Crippen LogP contribution in [0.1, 0.15) is 42.5 Å². The van der Waals surface area contributed by atoms with Crippen molar-refractivity contribution in [3.63, 3.8) is 0 Å². The number of aryl methyl sites for hydroxylation is 2. The number of rotatable bonds is 14. The van der Waals surface area contributed by atoms with E-state index in [1.165, 1.54) is 24.1 Å². The topological polar surface area (TPSA) is 96.0 Å². The predicted molar refractivity (Wildman–Crippen MR) is 182 cm³/mol. The number of nitrogens with one attached hydrogen (secondary N) is 1. The van der Waals surface area contributed by atoms with E-state index in [0.717, 1.165) is 26.6 Å². The molecule has 4 aromatic carbocycles. The van der Waals surface area contributed by atoms with Crippen molar-refractivity contribution in [2.75, 3.05) is 18.0 Å². The van der Waals surface area contributed by atoms with Crippen molar-refractivity contribution >= 4 is 27.5 Å². The number of benzene rings is 4. The zero-order chi connectivity index (χ0) is 33.3. The van der Waals surface area contributed by atoms with E-state index < -0.39 is 28.5 Å². The number of carbonyl (C=O) groups excluding carboxylic acids is 2. The lowest BCUT2D eigenvalue weighted by molar-refractivity contribution is -0.140. The highest BCUT2D eigenvalue weighted by atomic mass is 32.2. The Labute approximate surface area is 273 Å². The van der Waals surface area contributed by atoms with Crippen LogP contribution in [0.25, 0.3) is 0 Å². The van der Waals surface area contributed by atoms with Crippen molar-refractivity contribution in [1.29, 1.82) is 0 Å². The zero-order valence-electron chi connectivity index (χ0n) is 27.1. The highest BCUT2D eigenvalue weighted by Gasteiger charge is 2.36. The molecule has 0 saturated carbocycles. The molecule has 0 radical (unpaired) electrons. The quantitative estimate of drug-likeness (QED) is 0.181. The number of amides is 2. The molecule has 0 aliphatic rings. The molecule has 4 rings (SSSR count). The first kappa shape index (κ1) is 34.2. The Balaban J connectivity index is 1.84. The molecule has 1 N–H and O–H groups in total. The van der Waals surface area contributed by atoms with Gasteiger partial charge in [0, 0.05) is 19.0 Å². The lowest BCUT2D eigenvalue weighted by Gasteiger charge is -2.35. The number of carbonyl (C=O) groups is 2. The summed E-state index contributed by atoms with van der Waals surface area (Å²) >= 11 is 0. The average Bonchev–Trinajstić information content (AvgIpc) is 3.06. The second kappa shape index (κ2) is 15.6. The maximum Gasteiger partial charge on any atom is 0.264 e. The van der Waals surface area contributed by atoms with Gasteiger partial charge in [0.25, 0.3) is 10.0 Å². The van der Waals surface area contributed by atoms with Crippen molar-refractivity contribution in [3.8, 4) is 5.75 Å². The molecule has 0 saturated heterocycles. The van der Waals surface area contributed by atoms with Crippen LogP contribution in [0, 0.1) is 13.8 Å². The molecule has 0 spiro atoms. The molecule has 46 heavy (non-hydrogen) atoms. The van der Waals surface area contributed by atoms with Gasteiger partial charge in [-0.25, -0.2) is 8.42 Å². The Morgan fingerprint density at radius 2 is 1.48 bits per heavy atom. The van der Waals surface area contributed by atoms with E-state index in [2.05, 4.69) is 5.32 Å². The Morgan fingerprint density at radius 1 is 0.848 bits per heavy atom. The molecule has 0 fully saturated rings. The van der Waals surface area contributed by atoms with Gasteiger partial charge >= 0.3 is 0 Å². The monoisotopic (exact) mass is 641 g/mol. The maximum absolute atomic E-state index is 14.7. The second-order valence-corrected chi connectivity index (χ2v) is 13.3. The third kappa shape index (κ3) is 8.34. The van der Waals surface area contributed by atoms with E-state index in [-0.39, 0.29) is 35.5 Å². The van der Waals surface area contributed by atoms with Crippen LogP contribution in [-0.4, -0.2) is 50.9 Å². The normalized spacial score (nSPS) is 12.5. The highest BCUT2D eigenvalue weighted by Crippen LogP contribution is 2.33. The van der Waals surface area contributed by atoms with Crippen LogP contribution in [0.4, 0.5) is 5.69 Å². The van der Waals surface area contributed by atoms with Gasteiger partial charge < -0.3 is 15.0 Å². The summed E-state index contributed by atoms with van der Waals surface area (Å²) in [7, 11) is -2.78. The maximum atomic E-state index is 14.7. The van der Waals surface area contributed by atoms with Gasteiger partial charge in [-0.2, -0.15) is 0 Å². The predicted octanol–water partition coefficient (Wildman–Crippen LogP) is 6.06. The summed E-state index contributed by atoms with van der Waals surface area (Å²) in [6.45, 7) is 7.29. The van der Waals surface area contributed by atoms with E-state index in [1.54, 1.807) is 36.4 Å². The third-order valence-electron chi connectivity index (χ3n) is 8.12. The number of methoxy groups -OCH3 is 1. The van der Waals surface area contributed by atoms with Gasteiger partial charge in [0.15, 0.2) is 0 Å². The van der Waals surface area contributed by atoms with Crippen LogP contribution in [-0.2, 0) is 32.6 Å². The SMILES string of the molecule is CC[C@H](C)NC(=O)[C@@H](Cc1ccccc1)N(Cc1ccccc1C)C(=O)CN(c1ccccc1OC)S(=O)(=O)c1ccc(C)cc1. The van der Waals surface area contributed by atoms with Gasteiger partial charge in [0.05, 0.1) is 17.7 Å². The summed E-state index contributed by atoms with van der Waals surface area (Å²) in [6, 6.07) is 29.4. The molecule has 9 heteroatoms. The largest absolute Gasteiger partial charge is 0.495 e.